The smallest absolute Gasteiger partial charge is 0.0117 e. The molecule has 0 unspecified atom stereocenters. The second kappa shape index (κ2) is 7.15. The predicted octanol–water partition coefficient (Wildman–Crippen LogP) is 7.98. The van der Waals surface area contributed by atoms with Crippen molar-refractivity contribution in [3.05, 3.63) is 68.8 Å². The zero-order valence-electron chi connectivity index (χ0n) is 18.8. The maximum Gasteiger partial charge on any atom is 0.0117 e. The SMILES string of the molecule is CC1=C(C)C(C)(C)C(c2ccccc2C2=C(C)C(C)=C(C)C2(C)C)=C1C.[Zr]. The fraction of sp³-hybridized carbons (Fsp3) is 0.462. The third kappa shape index (κ3) is 3.05. The Morgan fingerprint density at radius 3 is 1.04 bits per heavy atom. The van der Waals surface area contributed by atoms with Crippen LogP contribution in [0.15, 0.2) is 57.7 Å². The molecule has 0 atom stereocenters. The van der Waals surface area contributed by atoms with Crippen LogP contribution in [-0.4, -0.2) is 0 Å². The molecule has 0 spiro atoms. The summed E-state index contributed by atoms with van der Waals surface area (Å²) in [6.45, 7) is 23.3. The Balaban J connectivity index is 0.00000261. The summed E-state index contributed by atoms with van der Waals surface area (Å²) in [4.78, 5) is 0. The summed E-state index contributed by atoms with van der Waals surface area (Å²) in [5, 5.41) is 0. The predicted molar refractivity (Wildman–Crippen MR) is 116 cm³/mol. The van der Waals surface area contributed by atoms with Gasteiger partial charge in [-0.3, -0.25) is 0 Å². The quantitative estimate of drug-likeness (QED) is 0.440. The van der Waals surface area contributed by atoms with Crippen molar-refractivity contribution in [1.82, 2.24) is 0 Å². The molecule has 0 radical (unpaired) electrons. The van der Waals surface area contributed by atoms with Crippen LogP contribution in [0.25, 0.3) is 11.1 Å². The molecule has 27 heavy (non-hydrogen) atoms. The zero-order valence-corrected chi connectivity index (χ0v) is 21.3. The molecule has 142 valence electrons. The molecule has 0 saturated carbocycles. The van der Waals surface area contributed by atoms with Crippen LogP contribution in [0.5, 0.6) is 0 Å². The van der Waals surface area contributed by atoms with Gasteiger partial charge < -0.3 is 0 Å². The Kier molecular flexibility index (Phi) is 5.92. The molecule has 0 amide bonds. The van der Waals surface area contributed by atoms with Crippen molar-refractivity contribution in [3.63, 3.8) is 0 Å². The first kappa shape index (κ1) is 22.4. The number of rotatable bonds is 2. The fourth-order valence-corrected chi connectivity index (χ4v) is 5.18. The monoisotopic (exact) mass is 436 g/mol. The summed E-state index contributed by atoms with van der Waals surface area (Å²) in [7, 11) is 0. The molecule has 2 aliphatic carbocycles. The van der Waals surface area contributed by atoms with Gasteiger partial charge in [0, 0.05) is 37.0 Å². The fourth-order valence-electron chi connectivity index (χ4n) is 5.18. The Morgan fingerprint density at radius 1 is 0.519 bits per heavy atom. The molecule has 0 heterocycles. The van der Waals surface area contributed by atoms with E-state index in [0.717, 1.165) is 0 Å². The largest absolute Gasteiger partial charge is 0.0616 e. The van der Waals surface area contributed by atoms with Gasteiger partial charge in [0.15, 0.2) is 0 Å². The molecule has 0 bridgehead atoms. The van der Waals surface area contributed by atoms with E-state index in [0.29, 0.717) is 0 Å². The Hall–Kier alpha value is -0.937. The molecule has 0 aromatic heterocycles. The number of hydrogen-bond donors (Lipinski definition) is 0. The van der Waals surface area contributed by atoms with Crippen molar-refractivity contribution in [2.45, 2.75) is 69.2 Å². The van der Waals surface area contributed by atoms with Crippen LogP contribution in [-0.2, 0) is 26.2 Å². The van der Waals surface area contributed by atoms with E-state index in [1.54, 1.807) is 0 Å². The van der Waals surface area contributed by atoms with E-state index >= 15 is 0 Å². The standard InChI is InChI=1S/C26H34.Zr/c1-15-17(3)23(25(7,8)19(15)5)21-13-11-12-14-22(21)24-18(4)16(2)20(6)26(24,9)10;/h11-14H,1-10H3;. The van der Waals surface area contributed by atoms with Gasteiger partial charge in [0.2, 0.25) is 0 Å². The summed E-state index contributed by atoms with van der Waals surface area (Å²) in [5.41, 5.74) is 14.8. The van der Waals surface area contributed by atoms with E-state index < -0.39 is 0 Å². The second-order valence-electron chi connectivity index (χ2n) is 9.30. The molecule has 1 aromatic rings. The molecule has 0 saturated heterocycles. The first-order valence-corrected chi connectivity index (χ1v) is 9.83. The molecule has 0 nitrogen and oxygen atoms in total. The van der Waals surface area contributed by atoms with E-state index in [4.69, 9.17) is 0 Å². The topological polar surface area (TPSA) is 0 Å². The van der Waals surface area contributed by atoms with Crippen LogP contribution in [0, 0.1) is 10.8 Å². The summed E-state index contributed by atoms with van der Waals surface area (Å²) in [6, 6.07) is 9.06. The van der Waals surface area contributed by atoms with Crippen LogP contribution in [0.1, 0.15) is 80.4 Å². The van der Waals surface area contributed by atoms with Crippen LogP contribution in [0.3, 0.4) is 0 Å². The van der Waals surface area contributed by atoms with Crippen molar-refractivity contribution < 1.29 is 26.2 Å². The van der Waals surface area contributed by atoms with Gasteiger partial charge in [-0.25, -0.2) is 0 Å². The van der Waals surface area contributed by atoms with E-state index in [2.05, 4.69) is 93.5 Å². The first-order valence-electron chi connectivity index (χ1n) is 9.83. The molecular formula is C26H34Zr. The molecule has 2 aliphatic rings. The third-order valence-corrected chi connectivity index (χ3v) is 7.59. The summed E-state index contributed by atoms with van der Waals surface area (Å²) in [5.74, 6) is 0. The van der Waals surface area contributed by atoms with Gasteiger partial charge in [0.25, 0.3) is 0 Å². The molecule has 0 N–H and O–H groups in total. The maximum absolute atomic E-state index is 2.38. The van der Waals surface area contributed by atoms with E-state index in [-0.39, 0.29) is 37.0 Å². The average Bonchev–Trinajstić information content (AvgIpc) is 2.83. The van der Waals surface area contributed by atoms with Gasteiger partial charge in [-0.15, -0.1) is 0 Å². The molecule has 1 heteroatoms. The average molecular weight is 438 g/mol. The second-order valence-corrected chi connectivity index (χ2v) is 9.30. The molecule has 0 aliphatic heterocycles. The van der Waals surface area contributed by atoms with Crippen LogP contribution < -0.4 is 0 Å². The zero-order chi connectivity index (χ0) is 19.6. The number of hydrogen-bond acceptors (Lipinski definition) is 0. The summed E-state index contributed by atoms with van der Waals surface area (Å²) >= 11 is 0. The van der Waals surface area contributed by atoms with Crippen molar-refractivity contribution >= 4 is 11.1 Å². The van der Waals surface area contributed by atoms with Gasteiger partial charge in [0.05, 0.1) is 0 Å². The molecule has 3 rings (SSSR count). The van der Waals surface area contributed by atoms with Crippen molar-refractivity contribution in [1.29, 1.82) is 0 Å². The van der Waals surface area contributed by atoms with Crippen LogP contribution in [0.2, 0.25) is 0 Å². The van der Waals surface area contributed by atoms with Crippen LogP contribution in [0.4, 0.5) is 0 Å². The minimum atomic E-state index is 0. The Bertz CT molecular complexity index is 850. The van der Waals surface area contributed by atoms with Gasteiger partial charge in [-0.2, -0.15) is 0 Å². The van der Waals surface area contributed by atoms with Gasteiger partial charge in [-0.1, -0.05) is 63.1 Å². The van der Waals surface area contributed by atoms with Crippen molar-refractivity contribution in [3.8, 4) is 0 Å². The summed E-state index contributed by atoms with van der Waals surface area (Å²) in [6.07, 6.45) is 0. The molecular weight excluding hydrogens is 404 g/mol. The minimum absolute atomic E-state index is 0. The van der Waals surface area contributed by atoms with E-state index in [1.807, 2.05) is 0 Å². The van der Waals surface area contributed by atoms with Gasteiger partial charge in [0.1, 0.15) is 0 Å². The van der Waals surface area contributed by atoms with Gasteiger partial charge >= 0.3 is 0 Å². The Morgan fingerprint density at radius 2 is 0.815 bits per heavy atom. The normalized spacial score (nSPS) is 21.4. The summed E-state index contributed by atoms with van der Waals surface area (Å²) < 4.78 is 0. The van der Waals surface area contributed by atoms with Crippen LogP contribution >= 0.6 is 0 Å². The van der Waals surface area contributed by atoms with Crippen molar-refractivity contribution in [2.75, 3.05) is 0 Å². The first-order chi connectivity index (χ1) is 11.9. The Labute approximate surface area is 185 Å². The third-order valence-electron chi connectivity index (χ3n) is 7.59. The maximum atomic E-state index is 2.38. The molecule has 1 aromatic carbocycles. The number of allylic oxidation sites excluding steroid dienone is 8. The van der Waals surface area contributed by atoms with E-state index in [1.165, 1.54) is 55.7 Å². The molecule has 0 fully saturated rings. The number of benzene rings is 1. The van der Waals surface area contributed by atoms with E-state index in [9.17, 15) is 0 Å². The van der Waals surface area contributed by atoms with Crippen molar-refractivity contribution in [2.24, 2.45) is 10.8 Å². The van der Waals surface area contributed by atoms with Gasteiger partial charge in [-0.05, 0) is 86.1 Å². The minimum Gasteiger partial charge on any atom is -0.0616 e.